The first-order valence-electron chi connectivity index (χ1n) is 9.30. The van der Waals surface area contributed by atoms with E-state index >= 15 is 0 Å². The Labute approximate surface area is 158 Å². The minimum absolute atomic E-state index is 0.0370. The van der Waals surface area contributed by atoms with Gasteiger partial charge in [-0.15, -0.1) is 0 Å². The van der Waals surface area contributed by atoms with Crippen LogP contribution in [0, 0.1) is 6.92 Å². The highest BCUT2D eigenvalue weighted by Crippen LogP contribution is 2.25. The molecule has 2 aromatic heterocycles. The highest BCUT2D eigenvalue weighted by atomic mass is 16.5. The molecule has 0 unspecified atom stereocenters. The summed E-state index contributed by atoms with van der Waals surface area (Å²) in [7, 11) is 0. The van der Waals surface area contributed by atoms with Gasteiger partial charge in [0.15, 0.2) is 11.5 Å². The lowest BCUT2D eigenvalue weighted by atomic mass is 10.1. The summed E-state index contributed by atoms with van der Waals surface area (Å²) >= 11 is 0. The number of benzene rings is 1. The SMILES string of the molecule is Cc1ccc(-c2cc(C(=O)NC[C@@H](c3ccco3)N3CCCC3)no2)cc1. The third kappa shape index (κ3) is 3.95. The van der Waals surface area contributed by atoms with Crippen LogP contribution in [-0.4, -0.2) is 35.6 Å². The van der Waals surface area contributed by atoms with Crippen molar-refractivity contribution in [1.29, 1.82) is 0 Å². The van der Waals surface area contributed by atoms with Crippen LogP contribution in [0.25, 0.3) is 11.3 Å². The van der Waals surface area contributed by atoms with Gasteiger partial charge in [-0.25, -0.2) is 0 Å². The zero-order valence-corrected chi connectivity index (χ0v) is 15.4. The molecule has 1 saturated heterocycles. The fourth-order valence-corrected chi connectivity index (χ4v) is 3.46. The molecule has 4 rings (SSSR count). The molecule has 0 radical (unpaired) electrons. The molecule has 3 aromatic rings. The molecule has 1 aliphatic heterocycles. The molecule has 0 aliphatic carbocycles. The van der Waals surface area contributed by atoms with Crippen LogP contribution in [0.3, 0.4) is 0 Å². The first-order valence-corrected chi connectivity index (χ1v) is 9.30. The molecule has 1 fully saturated rings. The topological polar surface area (TPSA) is 71.5 Å². The van der Waals surface area contributed by atoms with Gasteiger partial charge >= 0.3 is 0 Å². The van der Waals surface area contributed by atoms with E-state index in [-0.39, 0.29) is 17.6 Å². The average Bonchev–Trinajstić information content (AvgIpc) is 3.44. The maximum Gasteiger partial charge on any atom is 0.273 e. The summed E-state index contributed by atoms with van der Waals surface area (Å²) < 4.78 is 10.9. The molecule has 3 heterocycles. The van der Waals surface area contributed by atoms with Crippen molar-refractivity contribution in [2.75, 3.05) is 19.6 Å². The first kappa shape index (κ1) is 17.5. The minimum Gasteiger partial charge on any atom is -0.468 e. The van der Waals surface area contributed by atoms with Crippen LogP contribution in [-0.2, 0) is 0 Å². The Balaban J connectivity index is 1.43. The number of carbonyl (C=O) groups is 1. The monoisotopic (exact) mass is 365 g/mol. The number of aromatic nitrogens is 1. The highest BCUT2D eigenvalue weighted by molar-refractivity contribution is 5.93. The number of nitrogens with zero attached hydrogens (tertiary/aromatic N) is 2. The van der Waals surface area contributed by atoms with Crippen molar-refractivity contribution in [1.82, 2.24) is 15.4 Å². The van der Waals surface area contributed by atoms with Crippen molar-refractivity contribution in [2.24, 2.45) is 0 Å². The molecule has 1 aliphatic rings. The maximum absolute atomic E-state index is 12.5. The molecular formula is C21H23N3O3. The number of amides is 1. The van der Waals surface area contributed by atoms with Crippen molar-refractivity contribution in [3.05, 3.63) is 65.7 Å². The van der Waals surface area contributed by atoms with E-state index in [2.05, 4.69) is 15.4 Å². The number of hydrogen-bond donors (Lipinski definition) is 1. The van der Waals surface area contributed by atoms with Gasteiger partial charge in [-0.2, -0.15) is 0 Å². The lowest BCUT2D eigenvalue weighted by Gasteiger charge is -2.25. The summed E-state index contributed by atoms with van der Waals surface area (Å²) in [5, 5.41) is 6.90. The lowest BCUT2D eigenvalue weighted by Crippen LogP contribution is -2.36. The van der Waals surface area contributed by atoms with Gasteiger partial charge < -0.3 is 14.3 Å². The standard InChI is InChI=1S/C21H23N3O3/c1-15-6-8-16(9-7-15)20-13-17(23-27-20)21(25)22-14-18(19-5-4-12-26-19)24-10-2-3-11-24/h4-9,12-13,18H,2-3,10-11,14H2,1H3,(H,22,25)/t18-/m0/s1. The van der Waals surface area contributed by atoms with Crippen LogP contribution in [0.15, 0.2) is 57.7 Å². The molecule has 140 valence electrons. The number of likely N-dealkylation sites (tertiary alicyclic amines) is 1. The fraction of sp³-hybridized carbons (Fsp3) is 0.333. The van der Waals surface area contributed by atoms with E-state index in [0.717, 1.165) is 24.4 Å². The predicted octanol–water partition coefficient (Wildman–Crippen LogP) is 3.81. The second-order valence-corrected chi connectivity index (χ2v) is 6.93. The normalized spacial score (nSPS) is 15.7. The molecule has 0 spiro atoms. The second kappa shape index (κ2) is 7.80. The van der Waals surface area contributed by atoms with Crippen LogP contribution >= 0.6 is 0 Å². The number of furan rings is 1. The Morgan fingerprint density at radius 2 is 2.00 bits per heavy atom. The second-order valence-electron chi connectivity index (χ2n) is 6.93. The van der Waals surface area contributed by atoms with E-state index in [4.69, 9.17) is 8.94 Å². The molecular weight excluding hydrogens is 342 g/mol. The van der Waals surface area contributed by atoms with Crippen molar-refractivity contribution in [3.63, 3.8) is 0 Å². The van der Waals surface area contributed by atoms with E-state index in [9.17, 15) is 4.79 Å². The van der Waals surface area contributed by atoms with Crippen molar-refractivity contribution < 1.29 is 13.7 Å². The van der Waals surface area contributed by atoms with E-state index in [1.807, 2.05) is 43.3 Å². The zero-order chi connectivity index (χ0) is 18.6. The van der Waals surface area contributed by atoms with Crippen LogP contribution in [0.4, 0.5) is 0 Å². The van der Waals surface area contributed by atoms with Crippen molar-refractivity contribution in [3.8, 4) is 11.3 Å². The summed E-state index contributed by atoms with van der Waals surface area (Å²) in [4.78, 5) is 14.9. The van der Waals surface area contributed by atoms with Crippen LogP contribution in [0.2, 0.25) is 0 Å². The quantitative estimate of drug-likeness (QED) is 0.719. The number of nitrogens with one attached hydrogen (secondary N) is 1. The molecule has 0 bridgehead atoms. The Bertz CT molecular complexity index is 878. The number of aryl methyl sites for hydroxylation is 1. The molecule has 6 nitrogen and oxygen atoms in total. The van der Waals surface area contributed by atoms with Crippen molar-refractivity contribution in [2.45, 2.75) is 25.8 Å². The smallest absolute Gasteiger partial charge is 0.273 e. The number of rotatable bonds is 6. The average molecular weight is 365 g/mol. The Morgan fingerprint density at radius 3 is 2.70 bits per heavy atom. The molecule has 1 amide bonds. The van der Waals surface area contributed by atoms with Crippen molar-refractivity contribution >= 4 is 5.91 Å². The largest absolute Gasteiger partial charge is 0.468 e. The summed E-state index contributed by atoms with van der Waals surface area (Å²) in [6.07, 6.45) is 4.02. The van der Waals surface area contributed by atoms with Gasteiger partial charge in [0, 0.05) is 18.2 Å². The zero-order valence-electron chi connectivity index (χ0n) is 15.4. The van der Waals surface area contributed by atoms with Crippen LogP contribution in [0.1, 0.15) is 40.7 Å². The molecule has 27 heavy (non-hydrogen) atoms. The molecule has 6 heteroatoms. The summed E-state index contributed by atoms with van der Waals surface area (Å²) in [6, 6.07) is 13.5. The van der Waals surface area contributed by atoms with E-state index in [1.165, 1.54) is 18.4 Å². The van der Waals surface area contributed by atoms with Gasteiger partial charge in [-0.1, -0.05) is 35.0 Å². The molecule has 1 atom stereocenters. The minimum atomic E-state index is -0.243. The van der Waals surface area contributed by atoms with Crippen LogP contribution < -0.4 is 5.32 Å². The Kier molecular flexibility index (Phi) is 5.07. The van der Waals surface area contributed by atoms with Gasteiger partial charge in [0.25, 0.3) is 5.91 Å². The number of hydrogen-bond acceptors (Lipinski definition) is 5. The third-order valence-electron chi connectivity index (χ3n) is 4.99. The van der Waals surface area contributed by atoms with Gasteiger partial charge in [-0.05, 0) is 45.0 Å². The van der Waals surface area contributed by atoms with E-state index in [0.29, 0.717) is 12.3 Å². The van der Waals surface area contributed by atoms with Gasteiger partial charge in [0.1, 0.15) is 5.76 Å². The maximum atomic E-state index is 12.5. The van der Waals surface area contributed by atoms with Gasteiger partial charge in [0.2, 0.25) is 0 Å². The summed E-state index contributed by atoms with van der Waals surface area (Å²) in [6.45, 7) is 4.53. The highest BCUT2D eigenvalue weighted by Gasteiger charge is 2.26. The molecule has 0 saturated carbocycles. The fourth-order valence-electron chi connectivity index (χ4n) is 3.46. The number of carbonyl (C=O) groups excluding carboxylic acids is 1. The van der Waals surface area contributed by atoms with Gasteiger partial charge in [0.05, 0.1) is 12.3 Å². The van der Waals surface area contributed by atoms with E-state index in [1.54, 1.807) is 12.3 Å². The van der Waals surface area contributed by atoms with E-state index < -0.39 is 0 Å². The predicted molar refractivity (Wildman–Crippen MR) is 101 cm³/mol. The molecule has 1 N–H and O–H groups in total. The third-order valence-corrected chi connectivity index (χ3v) is 4.99. The van der Waals surface area contributed by atoms with Crippen LogP contribution in [0.5, 0.6) is 0 Å². The Morgan fingerprint density at radius 1 is 1.22 bits per heavy atom. The summed E-state index contributed by atoms with van der Waals surface area (Å²) in [5.74, 6) is 1.22. The Hall–Kier alpha value is -2.86. The first-order chi connectivity index (χ1) is 13.2. The lowest BCUT2D eigenvalue weighted by molar-refractivity contribution is 0.0925. The molecule has 1 aromatic carbocycles. The summed E-state index contributed by atoms with van der Waals surface area (Å²) in [5.41, 5.74) is 2.35. The van der Waals surface area contributed by atoms with Gasteiger partial charge in [-0.3, -0.25) is 9.69 Å².